The molecule has 0 amide bonds. The molecule has 1 saturated heterocycles. The van der Waals surface area contributed by atoms with Crippen molar-refractivity contribution in [3.8, 4) is 0 Å². The molecule has 1 fully saturated rings. The first-order chi connectivity index (χ1) is 6.19. The Kier molecular flexibility index (Phi) is 4.17. The van der Waals surface area contributed by atoms with E-state index in [1.807, 2.05) is 0 Å². The van der Waals surface area contributed by atoms with Gasteiger partial charge >= 0.3 is 0 Å². The second kappa shape index (κ2) is 4.94. The van der Waals surface area contributed by atoms with Crippen molar-refractivity contribution in [2.45, 2.75) is 52.2 Å². The van der Waals surface area contributed by atoms with Crippen molar-refractivity contribution in [2.24, 2.45) is 5.92 Å². The Balaban J connectivity index is 2.44. The maximum atomic E-state index is 13.4. The zero-order chi connectivity index (χ0) is 9.84. The van der Waals surface area contributed by atoms with E-state index >= 15 is 0 Å². The van der Waals surface area contributed by atoms with Crippen LogP contribution in [0.2, 0.25) is 0 Å². The van der Waals surface area contributed by atoms with Crippen LogP contribution >= 0.6 is 0 Å². The van der Waals surface area contributed by atoms with Crippen LogP contribution in [-0.4, -0.2) is 30.2 Å². The van der Waals surface area contributed by atoms with Crippen molar-refractivity contribution in [3.05, 3.63) is 0 Å². The number of nitrogens with zero attached hydrogens (tertiary/aromatic N) is 1. The van der Waals surface area contributed by atoms with Crippen molar-refractivity contribution >= 4 is 0 Å². The molecular formula is C11H22FN. The number of halogens is 1. The standard InChI is InChI=1S/C11H22FN/c1-4-9(3)13-7-6-11(12)10(5-2)8-13/h9-11H,4-8H2,1-3H3. The fourth-order valence-corrected chi connectivity index (χ4v) is 2.08. The van der Waals surface area contributed by atoms with Gasteiger partial charge in [0.1, 0.15) is 6.17 Å². The van der Waals surface area contributed by atoms with Crippen LogP contribution < -0.4 is 0 Å². The van der Waals surface area contributed by atoms with Gasteiger partial charge in [-0.05, 0) is 26.2 Å². The lowest BCUT2D eigenvalue weighted by Gasteiger charge is -2.38. The minimum Gasteiger partial charge on any atom is -0.300 e. The number of likely N-dealkylation sites (tertiary alicyclic amines) is 1. The van der Waals surface area contributed by atoms with Crippen molar-refractivity contribution in [1.82, 2.24) is 4.90 Å². The number of hydrogen-bond acceptors (Lipinski definition) is 1. The summed E-state index contributed by atoms with van der Waals surface area (Å²) in [6.07, 6.45) is 2.34. The summed E-state index contributed by atoms with van der Waals surface area (Å²) in [6, 6.07) is 0.626. The van der Waals surface area contributed by atoms with Gasteiger partial charge in [0.2, 0.25) is 0 Å². The highest BCUT2D eigenvalue weighted by Gasteiger charge is 2.29. The molecule has 1 nitrogen and oxygen atoms in total. The van der Waals surface area contributed by atoms with E-state index < -0.39 is 6.17 Å². The number of alkyl halides is 1. The third-order valence-corrected chi connectivity index (χ3v) is 3.41. The quantitative estimate of drug-likeness (QED) is 0.656. The molecule has 1 aliphatic rings. The first kappa shape index (κ1) is 11.0. The number of piperidine rings is 1. The van der Waals surface area contributed by atoms with Gasteiger partial charge in [-0.25, -0.2) is 4.39 Å². The molecule has 0 bridgehead atoms. The van der Waals surface area contributed by atoms with E-state index in [0.29, 0.717) is 6.04 Å². The van der Waals surface area contributed by atoms with E-state index in [9.17, 15) is 4.39 Å². The molecule has 0 N–H and O–H groups in total. The summed E-state index contributed by atoms with van der Waals surface area (Å²) in [7, 11) is 0. The van der Waals surface area contributed by atoms with E-state index in [1.54, 1.807) is 0 Å². The lowest BCUT2D eigenvalue weighted by atomic mass is 9.92. The van der Waals surface area contributed by atoms with Gasteiger partial charge in [-0.1, -0.05) is 13.8 Å². The van der Waals surface area contributed by atoms with Crippen molar-refractivity contribution in [3.63, 3.8) is 0 Å². The Hall–Kier alpha value is -0.110. The van der Waals surface area contributed by atoms with Gasteiger partial charge in [-0.3, -0.25) is 0 Å². The normalized spacial score (nSPS) is 33.2. The zero-order valence-corrected chi connectivity index (χ0v) is 9.09. The second-order valence-corrected chi connectivity index (χ2v) is 4.23. The van der Waals surface area contributed by atoms with Crippen LogP contribution in [-0.2, 0) is 0 Å². The monoisotopic (exact) mass is 187 g/mol. The Morgan fingerprint density at radius 1 is 1.46 bits per heavy atom. The van der Waals surface area contributed by atoms with Crippen LogP contribution in [0.4, 0.5) is 4.39 Å². The predicted octanol–water partition coefficient (Wildman–Crippen LogP) is 2.85. The Labute approximate surface area is 81.3 Å². The van der Waals surface area contributed by atoms with E-state index in [1.165, 1.54) is 6.42 Å². The first-order valence-electron chi connectivity index (χ1n) is 5.57. The molecule has 1 rings (SSSR count). The molecule has 13 heavy (non-hydrogen) atoms. The molecule has 0 aliphatic carbocycles. The topological polar surface area (TPSA) is 3.24 Å². The summed E-state index contributed by atoms with van der Waals surface area (Å²) >= 11 is 0. The minimum atomic E-state index is -0.551. The highest BCUT2D eigenvalue weighted by atomic mass is 19.1. The summed E-state index contributed by atoms with van der Waals surface area (Å²) in [5.74, 6) is 0.280. The summed E-state index contributed by atoms with van der Waals surface area (Å²) < 4.78 is 13.4. The van der Waals surface area contributed by atoms with Gasteiger partial charge in [0.15, 0.2) is 0 Å². The van der Waals surface area contributed by atoms with E-state index in [-0.39, 0.29) is 5.92 Å². The maximum absolute atomic E-state index is 13.4. The largest absolute Gasteiger partial charge is 0.300 e. The van der Waals surface area contributed by atoms with Crippen LogP contribution in [0, 0.1) is 5.92 Å². The SMILES string of the molecule is CCC1CN(C(C)CC)CCC1F. The summed E-state index contributed by atoms with van der Waals surface area (Å²) in [4.78, 5) is 2.43. The molecule has 1 heterocycles. The smallest absolute Gasteiger partial charge is 0.105 e. The Morgan fingerprint density at radius 2 is 2.15 bits per heavy atom. The third kappa shape index (κ3) is 2.67. The van der Waals surface area contributed by atoms with Gasteiger partial charge in [0.25, 0.3) is 0 Å². The van der Waals surface area contributed by atoms with Crippen LogP contribution in [0.1, 0.15) is 40.0 Å². The molecule has 0 aromatic heterocycles. The molecule has 1 aliphatic heterocycles. The lowest BCUT2D eigenvalue weighted by Crippen LogP contribution is -2.45. The van der Waals surface area contributed by atoms with Crippen LogP contribution in [0.5, 0.6) is 0 Å². The number of hydrogen-bond donors (Lipinski definition) is 0. The number of rotatable bonds is 3. The molecule has 0 aromatic carbocycles. The third-order valence-electron chi connectivity index (χ3n) is 3.41. The van der Waals surface area contributed by atoms with Crippen molar-refractivity contribution in [1.29, 1.82) is 0 Å². The second-order valence-electron chi connectivity index (χ2n) is 4.23. The van der Waals surface area contributed by atoms with Crippen molar-refractivity contribution < 1.29 is 4.39 Å². The molecule has 78 valence electrons. The first-order valence-corrected chi connectivity index (χ1v) is 5.57. The molecule has 0 aromatic rings. The highest BCUT2D eigenvalue weighted by molar-refractivity contribution is 4.81. The fraction of sp³-hybridized carbons (Fsp3) is 1.00. The molecule has 3 atom stereocenters. The van der Waals surface area contributed by atoms with Gasteiger partial charge < -0.3 is 4.90 Å². The average molecular weight is 187 g/mol. The Morgan fingerprint density at radius 3 is 2.69 bits per heavy atom. The molecule has 0 radical (unpaired) electrons. The Bertz CT molecular complexity index is 149. The average Bonchev–Trinajstić information content (AvgIpc) is 2.17. The van der Waals surface area contributed by atoms with Gasteiger partial charge in [0.05, 0.1) is 0 Å². The van der Waals surface area contributed by atoms with Crippen LogP contribution in [0.3, 0.4) is 0 Å². The van der Waals surface area contributed by atoms with Crippen LogP contribution in [0.25, 0.3) is 0 Å². The van der Waals surface area contributed by atoms with Gasteiger partial charge in [-0.2, -0.15) is 0 Å². The predicted molar refractivity (Wildman–Crippen MR) is 54.6 cm³/mol. The minimum absolute atomic E-state index is 0.280. The molecular weight excluding hydrogens is 165 g/mol. The van der Waals surface area contributed by atoms with Crippen molar-refractivity contribution in [2.75, 3.05) is 13.1 Å². The fourth-order valence-electron chi connectivity index (χ4n) is 2.08. The van der Waals surface area contributed by atoms with Gasteiger partial charge in [0, 0.05) is 25.0 Å². The summed E-state index contributed by atoms with van der Waals surface area (Å²) in [6.45, 7) is 8.45. The highest BCUT2D eigenvalue weighted by Crippen LogP contribution is 2.24. The zero-order valence-electron chi connectivity index (χ0n) is 9.09. The summed E-state index contributed by atoms with van der Waals surface area (Å²) in [5.41, 5.74) is 0. The van der Waals surface area contributed by atoms with E-state index in [0.717, 1.165) is 25.9 Å². The van der Waals surface area contributed by atoms with E-state index in [4.69, 9.17) is 0 Å². The molecule has 3 unspecified atom stereocenters. The van der Waals surface area contributed by atoms with Crippen LogP contribution in [0.15, 0.2) is 0 Å². The van der Waals surface area contributed by atoms with E-state index in [2.05, 4.69) is 25.7 Å². The molecule has 0 spiro atoms. The lowest BCUT2D eigenvalue weighted by molar-refractivity contribution is 0.0607. The maximum Gasteiger partial charge on any atom is 0.105 e. The van der Waals surface area contributed by atoms with Gasteiger partial charge in [-0.15, -0.1) is 0 Å². The molecule has 0 saturated carbocycles. The summed E-state index contributed by atoms with van der Waals surface area (Å²) in [5, 5.41) is 0. The molecule has 2 heteroatoms.